The topological polar surface area (TPSA) is 75.8 Å². The first-order chi connectivity index (χ1) is 12.4. The second-order valence-corrected chi connectivity index (χ2v) is 6.96. The Kier molecular flexibility index (Phi) is 6.81. The first-order valence-corrected chi connectivity index (χ1v) is 8.74. The zero-order chi connectivity index (χ0) is 18.7. The van der Waals surface area contributed by atoms with Gasteiger partial charge in [0.15, 0.2) is 0 Å². The highest BCUT2D eigenvalue weighted by Gasteiger charge is 2.35. The van der Waals surface area contributed by atoms with Crippen LogP contribution in [0.15, 0.2) is 42.5 Å². The quantitative estimate of drug-likeness (QED) is 0.618. The van der Waals surface area contributed by atoms with Gasteiger partial charge in [0.2, 0.25) is 0 Å². The van der Waals surface area contributed by atoms with Crippen LogP contribution in [0.2, 0.25) is 0 Å². The highest BCUT2D eigenvalue weighted by Crippen LogP contribution is 2.34. The maximum atomic E-state index is 11.2. The summed E-state index contributed by atoms with van der Waals surface area (Å²) in [7, 11) is 1.61. The lowest BCUT2D eigenvalue weighted by Crippen LogP contribution is -2.45. The van der Waals surface area contributed by atoms with Crippen LogP contribution in [0.1, 0.15) is 29.5 Å². The molecule has 3 rings (SSSR count). The van der Waals surface area contributed by atoms with E-state index in [1.54, 1.807) is 26.2 Å². The highest BCUT2D eigenvalue weighted by atomic mass is 35.5. The lowest BCUT2D eigenvalue weighted by molar-refractivity contribution is -0.385. The Bertz CT molecular complexity index is 814. The number of rotatable bonds is 5. The second kappa shape index (κ2) is 8.69. The Balaban J connectivity index is 0.00000261. The third-order valence-electron chi connectivity index (χ3n) is 5.03. The molecule has 0 bridgehead atoms. The van der Waals surface area contributed by atoms with Crippen LogP contribution >= 0.6 is 12.4 Å². The zero-order valence-electron chi connectivity index (χ0n) is 15.6. The minimum absolute atomic E-state index is 0. The van der Waals surface area contributed by atoms with Gasteiger partial charge >= 0.3 is 0 Å². The molecule has 1 N–H and O–H groups in total. The van der Waals surface area contributed by atoms with Gasteiger partial charge in [0.25, 0.3) is 5.69 Å². The number of ether oxygens (including phenoxy) is 1. The standard InChI is InChI=1S/C20H24N2O4.ClH/c1-15-7-8-16(11-19(15)22(24)25)13-21-10-4-9-20(23,14-21)17-5-3-6-18(12-17)26-2;/h3,5-8,11-12,23H,4,9-10,13-14H2,1-2H3;1H. The van der Waals surface area contributed by atoms with Gasteiger partial charge < -0.3 is 9.84 Å². The fourth-order valence-electron chi connectivity index (χ4n) is 3.61. The summed E-state index contributed by atoms with van der Waals surface area (Å²) in [6.45, 7) is 3.66. The monoisotopic (exact) mass is 392 g/mol. The van der Waals surface area contributed by atoms with Crippen molar-refractivity contribution in [2.75, 3.05) is 20.2 Å². The summed E-state index contributed by atoms with van der Waals surface area (Å²) >= 11 is 0. The number of nitro benzene ring substituents is 1. The van der Waals surface area contributed by atoms with Crippen LogP contribution in [0.5, 0.6) is 5.75 Å². The molecule has 7 heteroatoms. The maximum absolute atomic E-state index is 11.2. The lowest BCUT2D eigenvalue weighted by Gasteiger charge is -2.39. The molecule has 1 heterocycles. The molecule has 0 aromatic heterocycles. The SMILES string of the molecule is COc1cccc(C2(O)CCCN(Cc3ccc(C)c([N+](=O)[O-])c3)C2)c1.Cl. The Morgan fingerprint density at radius 1 is 1.30 bits per heavy atom. The van der Waals surface area contributed by atoms with Gasteiger partial charge in [0.05, 0.1) is 12.0 Å². The summed E-state index contributed by atoms with van der Waals surface area (Å²) in [5.41, 5.74) is 1.59. The van der Waals surface area contributed by atoms with Crippen molar-refractivity contribution >= 4 is 18.1 Å². The lowest BCUT2D eigenvalue weighted by atomic mass is 9.85. The third-order valence-corrected chi connectivity index (χ3v) is 5.03. The normalized spacial score (nSPS) is 20.0. The molecule has 0 spiro atoms. The fraction of sp³-hybridized carbons (Fsp3) is 0.400. The molecule has 27 heavy (non-hydrogen) atoms. The molecule has 1 unspecified atom stereocenters. The predicted molar refractivity (Wildman–Crippen MR) is 106 cm³/mol. The largest absolute Gasteiger partial charge is 0.497 e. The van der Waals surface area contributed by atoms with Crippen molar-refractivity contribution in [1.29, 1.82) is 0 Å². The molecule has 1 aliphatic rings. The number of nitro groups is 1. The van der Waals surface area contributed by atoms with Gasteiger partial charge in [-0.05, 0) is 49.6 Å². The summed E-state index contributed by atoms with van der Waals surface area (Å²) in [6, 6.07) is 12.9. The molecular weight excluding hydrogens is 368 g/mol. The number of methoxy groups -OCH3 is 1. The van der Waals surface area contributed by atoms with Gasteiger partial charge in [0, 0.05) is 24.7 Å². The molecule has 2 aromatic rings. The molecule has 6 nitrogen and oxygen atoms in total. The van der Waals surface area contributed by atoms with E-state index in [1.165, 1.54) is 0 Å². The van der Waals surface area contributed by atoms with Gasteiger partial charge in [0.1, 0.15) is 11.4 Å². The van der Waals surface area contributed by atoms with Crippen LogP contribution in [-0.2, 0) is 12.1 Å². The molecule has 0 radical (unpaired) electrons. The summed E-state index contributed by atoms with van der Waals surface area (Å²) in [5.74, 6) is 0.724. The number of likely N-dealkylation sites (tertiary alicyclic amines) is 1. The van der Waals surface area contributed by atoms with E-state index in [-0.39, 0.29) is 23.0 Å². The van der Waals surface area contributed by atoms with E-state index in [0.717, 1.165) is 29.8 Å². The summed E-state index contributed by atoms with van der Waals surface area (Å²) < 4.78 is 5.27. The van der Waals surface area contributed by atoms with E-state index in [0.29, 0.717) is 25.1 Å². The van der Waals surface area contributed by atoms with Crippen molar-refractivity contribution in [1.82, 2.24) is 4.90 Å². The van der Waals surface area contributed by atoms with Gasteiger partial charge in [-0.2, -0.15) is 0 Å². The first kappa shape index (κ1) is 21.2. The van der Waals surface area contributed by atoms with Crippen LogP contribution in [0.4, 0.5) is 5.69 Å². The van der Waals surface area contributed by atoms with Crippen LogP contribution in [0.25, 0.3) is 0 Å². The number of aliphatic hydroxyl groups is 1. The summed E-state index contributed by atoms with van der Waals surface area (Å²) in [5, 5.41) is 22.3. The fourth-order valence-corrected chi connectivity index (χ4v) is 3.61. The third kappa shape index (κ3) is 4.77. The number of hydrogen-bond donors (Lipinski definition) is 1. The number of halogens is 1. The second-order valence-electron chi connectivity index (χ2n) is 6.96. The van der Waals surface area contributed by atoms with Crippen LogP contribution in [0.3, 0.4) is 0 Å². The molecule has 1 fully saturated rings. The highest BCUT2D eigenvalue weighted by molar-refractivity contribution is 5.85. The van der Waals surface area contributed by atoms with Gasteiger partial charge in [-0.15, -0.1) is 12.4 Å². The van der Waals surface area contributed by atoms with Crippen LogP contribution < -0.4 is 4.74 Å². The van der Waals surface area contributed by atoms with Crippen LogP contribution in [0, 0.1) is 17.0 Å². The minimum Gasteiger partial charge on any atom is -0.497 e. The summed E-state index contributed by atoms with van der Waals surface area (Å²) in [4.78, 5) is 13.0. The molecular formula is C20H25ClN2O4. The van der Waals surface area contributed by atoms with E-state index in [2.05, 4.69) is 4.90 Å². The van der Waals surface area contributed by atoms with Gasteiger partial charge in [-0.25, -0.2) is 0 Å². The zero-order valence-corrected chi connectivity index (χ0v) is 16.4. The number of nitrogens with zero attached hydrogens (tertiary/aromatic N) is 2. The average molecular weight is 393 g/mol. The maximum Gasteiger partial charge on any atom is 0.272 e. The van der Waals surface area contributed by atoms with Gasteiger partial charge in [-0.1, -0.05) is 24.3 Å². The molecule has 1 atom stereocenters. The number of aryl methyl sites for hydroxylation is 1. The first-order valence-electron chi connectivity index (χ1n) is 8.74. The molecule has 1 saturated heterocycles. The summed E-state index contributed by atoms with van der Waals surface area (Å²) in [6.07, 6.45) is 1.55. The minimum atomic E-state index is -0.941. The molecule has 0 saturated carbocycles. The molecule has 0 aliphatic carbocycles. The van der Waals surface area contributed by atoms with Crippen molar-refractivity contribution < 1.29 is 14.8 Å². The number of β-amino-alcohol motifs (C(OH)–C–C–N with tert-alkyl or cyclic N) is 1. The Labute approximate surface area is 165 Å². The van der Waals surface area contributed by atoms with Crippen molar-refractivity contribution in [2.24, 2.45) is 0 Å². The molecule has 146 valence electrons. The molecule has 2 aromatic carbocycles. The van der Waals surface area contributed by atoms with E-state index in [4.69, 9.17) is 4.74 Å². The van der Waals surface area contributed by atoms with Crippen LogP contribution in [-0.4, -0.2) is 35.1 Å². The van der Waals surface area contributed by atoms with E-state index in [1.807, 2.05) is 30.3 Å². The smallest absolute Gasteiger partial charge is 0.272 e. The molecule has 0 amide bonds. The predicted octanol–water partition coefficient (Wildman–Crippen LogP) is 3.82. The van der Waals surface area contributed by atoms with Crippen molar-refractivity contribution in [3.63, 3.8) is 0 Å². The Morgan fingerprint density at radius 3 is 2.78 bits per heavy atom. The van der Waals surface area contributed by atoms with E-state index in [9.17, 15) is 15.2 Å². The van der Waals surface area contributed by atoms with E-state index < -0.39 is 5.60 Å². The number of piperidine rings is 1. The average Bonchev–Trinajstić information content (AvgIpc) is 2.63. The van der Waals surface area contributed by atoms with Crippen molar-refractivity contribution in [2.45, 2.75) is 31.9 Å². The Morgan fingerprint density at radius 2 is 2.07 bits per heavy atom. The number of hydrogen-bond acceptors (Lipinski definition) is 5. The number of benzene rings is 2. The molecule has 1 aliphatic heterocycles. The van der Waals surface area contributed by atoms with Crippen molar-refractivity contribution in [3.8, 4) is 5.75 Å². The Hall–Kier alpha value is -2.15. The van der Waals surface area contributed by atoms with Gasteiger partial charge in [-0.3, -0.25) is 15.0 Å². The van der Waals surface area contributed by atoms with E-state index >= 15 is 0 Å². The van der Waals surface area contributed by atoms with Crippen molar-refractivity contribution in [3.05, 3.63) is 69.3 Å².